The molecule has 2 heterocycles. The van der Waals surface area contributed by atoms with Gasteiger partial charge in [-0.3, -0.25) is 4.98 Å². The zero-order chi connectivity index (χ0) is 25.3. The first kappa shape index (κ1) is 24.6. The quantitative estimate of drug-likeness (QED) is 0.281. The Morgan fingerprint density at radius 1 is 1.03 bits per heavy atom. The summed E-state index contributed by atoms with van der Waals surface area (Å²) in [6, 6.07) is 13.4. The predicted octanol–water partition coefficient (Wildman–Crippen LogP) is 8.12. The molecule has 0 amide bonds. The molecule has 0 spiro atoms. The molecule has 1 fully saturated rings. The standard InChI is InChI=1S/C27H26ClF3N4O/c1-2-23(33-26-35-34-25(36-26)18-7-10-20(28)11-8-18)17-5-3-16(4-6-17)21-13-14-32-24-12-9-19(15-22(21)24)27(29,30)31/h7-17,23H,2-6H2,1H3,(H,33,35). The van der Waals surface area contributed by atoms with Gasteiger partial charge >= 0.3 is 12.2 Å². The molecule has 1 aliphatic carbocycles. The largest absolute Gasteiger partial charge is 0.416 e. The summed E-state index contributed by atoms with van der Waals surface area (Å²) >= 11 is 5.95. The Hall–Kier alpha value is -3.13. The Morgan fingerprint density at radius 2 is 1.78 bits per heavy atom. The number of hydrogen-bond acceptors (Lipinski definition) is 5. The van der Waals surface area contributed by atoms with E-state index in [1.807, 2.05) is 18.2 Å². The molecular weight excluding hydrogens is 489 g/mol. The number of nitrogens with zero attached hydrogens (tertiary/aromatic N) is 3. The van der Waals surface area contributed by atoms with E-state index in [2.05, 4.69) is 27.4 Å². The van der Waals surface area contributed by atoms with Gasteiger partial charge in [0.2, 0.25) is 5.89 Å². The Balaban J connectivity index is 1.27. The molecule has 36 heavy (non-hydrogen) atoms. The fourth-order valence-electron chi connectivity index (χ4n) is 5.23. The normalized spacial score (nSPS) is 19.4. The van der Waals surface area contributed by atoms with Gasteiger partial charge in [-0.1, -0.05) is 23.6 Å². The fourth-order valence-corrected chi connectivity index (χ4v) is 5.36. The van der Waals surface area contributed by atoms with Crippen LogP contribution in [0.1, 0.15) is 56.1 Å². The average Bonchev–Trinajstić information content (AvgIpc) is 3.35. The van der Waals surface area contributed by atoms with Crippen molar-refractivity contribution in [3.05, 3.63) is 70.9 Å². The molecule has 188 valence electrons. The summed E-state index contributed by atoms with van der Waals surface area (Å²) in [7, 11) is 0. The second-order valence-corrected chi connectivity index (χ2v) is 9.76. The molecule has 0 radical (unpaired) electrons. The number of fused-ring (bicyclic) bond motifs is 1. The first-order valence-corrected chi connectivity index (χ1v) is 12.5. The minimum atomic E-state index is -4.37. The maximum Gasteiger partial charge on any atom is 0.416 e. The van der Waals surface area contributed by atoms with Crippen LogP contribution in [0.2, 0.25) is 5.02 Å². The summed E-state index contributed by atoms with van der Waals surface area (Å²) in [4.78, 5) is 4.28. The lowest BCUT2D eigenvalue weighted by Gasteiger charge is -2.34. The number of halogens is 4. The van der Waals surface area contributed by atoms with E-state index in [4.69, 9.17) is 16.0 Å². The Bertz CT molecular complexity index is 1330. The molecule has 0 saturated heterocycles. The van der Waals surface area contributed by atoms with Gasteiger partial charge in [0.1, 0.15) is 0 Å². The Morgan fingerprint density at radius 3 is 2.47 bits per heavy atom. The van der Waals surface area contributed by atoms with Crippen LogP contribution in [-0.4, -0.2) is 21.2 Å². The Kier molecular flexibility index (Phi) is 6.88. The summed E-state index contributed by atoms with van der Waals surface area (Å²) in [5.74, 6) is 1.03. The van der Waals surface area contributed by atoms with Gasteiger partial charge in [0, 0.05) is 28.2 Å². The number of benzene rings is 2. The van der Waals surface area contributed by atoms with E-state index in [0.717, 1.165) is 49.3 Å². The zero-order valence-corrected chi connectivity index (χ0v) is 20.5. The number of rotatable bonds is 6. The van der Waals surface area contributed by atoms with Gasteiger partial charge in [-0.2, -0.15) is 13.2 Å². The highest BCUT2D eigenvalue weighted by Gasteiger charge is 2.32. The van der Waals surface area contributed by atoms with Gasteiger partial charge in [-0.15, -0.1) is 5.10 Å². The third-order valence-corrected chi connectivity index (χ3v) is 7.40. The van der Waals surface area contributed by atoms with Crippen molar-refractivity contribution in [2.45, 2.75) is 57.2 Å². The zero-order valence-electron chi connectivity index (χ0n) is 19.7. The van der Waals surface area contributed by atoms with Crippen LogP contribution in [0.3, 0.4) is 0 Å². The van der Waals surface area contributed by atoms with E-state index >= 15 is 0 Å². The minimum absolute atomic E-state index is 0.162. The molecule has 5 nitrogen and oxygen atoms in total. The number of pyridine rings is 1. The molecule has 1 N–H and O–H groups in total. The van der Waals surface area contributed by atoms with Gasteiger partial charge in [-0.05, 0) is 98.0 Å². The van der Waals surface area contributed by atoms with Gasteiger partial charge in [0.05, 0.1) is 11.1 Å². The highest BCUT2D eigenvalue weighted by molar-refractivity contribution is 6.30. The van der Waals surface area contributed by atoms with Crippen LogP contribution in [0.15, 0.2) is 59.1 Å². The predicted molar refractivity (Wildman–Crippen MR) is 134 cm³/mol. The van der Waals surface area contributed by atoms with E-state index < -0.39 is 11.7 Å². The van der Waals surface area contributed by atoms with Crippen molar-refractivity contribution in [1.82, 2.24) is 15.2 Å². The van der Waals surface area contributed by atoms with Crippen LogP contribution < -0.4 is 5.32 Å². The summed E-state index contributed by atoms with van der Waals surface area (Å²) in [6.07, 6.45) is 1.92. The van der Waals surface area contributed by atoms with E-state index in [0.29, 0.717) is 33.7 Å². The highest BCUT2D eigenvalue weighted by Crippen LogP contribution is 2.41. The van der Waals surface area contributed by atoms with Crippen LogP contribution in [0.4, 0.5) is 19.2 Å². The summed E-state index contributed by atoms with van der Waals surface area (Å²) < 4.78 is 45.8. The summed E-state index contributed by atoms with van der Waals surface area (Å²) in [5, 5.41) is 13.0. The monoisotopic (exact) mass is 514 g/mol. The maximum atomic E-state index is 13.3. The van der Waals surface area contributed by atoms with Crippen molar-refractivity contribution in [2.75, 3.05) is 5.32 Å². The lowest BCUT2D eigenvalue weighted by atomic mass is 9.75. The first-order valence-electron chi connectivity index (χ1n) is 12.1. The van der Waals surface area contributed by atoms with E-state index in [-0.39, 0.29) is 12.0 Å². The lowest BCUT2D eigenvalue weighted by molar-refractivity contribution is -0.137. The second kappa shape index (κ2) is 10.1. The molecule has 2 aromatic carbocycles. The molecule has 1 aliphatic rings. The smallest absolute Gasteiger partial charge is 0.403 e. The molecule has 1 atom stereocenters. The molecule has 5 rings (SSSR count). The third-order valence-electron chi connectivity index (χ3n) is 7.15. The van der Waals surface area contributed by atoms with Crippen molar-refractivity contribution in [3.63, 3.8) is 0 Å². The molecule has 9 heteroatoms. The fraction of sp³-hybridized carbons (Fsp3) is 0.370. The van der Waals surface area contributed by atoms with E-state index in [1.54, 1.807) is 18.3 Å². The maximum absolute atomic E-state index is 13.3. The second-order valence-electron chi connectivity index (χ2n) is 9.32. The van der Waals surface area contributed by atoms with Gasteiger partial charge in [0.25, 0.3) is 0 Å². The van der Waals surface area contributed by atoms with Crippen molar-refractivity contribution >= 4 is 28.5 Å². The van der Waals surface area contributed by atoms with Crippen LogP contribution in [0.25, 0.3) is 22.4 Å². The van der Waals surface area contributed by atoms with Gasteiger partial charge in [0.15, 0.2) is 0 Å². The first-order chi connectivity index (χ1) is 17.3. The number of alkyl halides is 3. The number of anilines is 1. The van der Waals surface area contributed by atoms with Crippen LogP contribution in [0.5, 0.6) is 0 Å². The van der Waals surface area contributed by atoms with Crippen molar-refractivity contribution in [3.8, 4) is 11.5 Å². The molecule has 4 aromatic rings. The third kappa shape index (κ3) is 5.19. The van der Waals surface area contributed by atoms with Crippen molar-refractivity contribution in [1.29, 1.82) is 0 Å². The lowest BCUT2D eigenvalue weighted by Crippen LogP contribution is -2.31. The van der Waals surface area contributed by atoms with Crippen molar-refractivity contribution in [2.24, 2.45) is 5.92 Å². The summed E-state index contributed by atoms with van der Waals surface area (Å²) in [6.45, 7) is 2.12. The number of hydrogen-bond donors (Lipinski definition) is 1. The average molecular weight is 515 g/mol. The molecular formula is C27H26ClF3N4O. The van der Waals surface area contributed by atoms with Crippen molar-refractivity contribution < 1.29 is 17.6 Å². The number of nitrogens with one attached hydrogen (secondary N) is 1. The summed E-state index contributed by atoms with van der Waals surface area (Å²) in [5.41, 5.74) is 1.72. The topological polar surface area (TPSA) is 63.8 Å². The molecule has 2 aromatic heterocycles. The minimum Gasteiger partial charge on any atom is -0.403 e. The van der Waals surface area contributed by atoms with Crippen LogP contribution >= 0.6 is 11.6 Å². The Labute approximate surface area is 212 Å². The van der Waals surface area contributed by atoms with Gasteiger partial charge in [-0.25, -0.2) is 0 Å². The highest BCUT2D eigenvalue weighted by atomic mass is 35.5. The molecule has 1 unspecified atom stereocenters. The van der Waals surface area contributed by atoms with Crippen LogP contribution in [-0.2, 0) is 6.18 Å². The van der Waals surface area contributed by atoms with Crippen LogP contribution in [0, 0.1) is 5.92 Å². The molecule has 0 aliphatic heterocycles. The molecule has 1 saturated carbocycles. The van der Waals surface area contributed by atoms with E-state index in [9.17, 15) is 13.2 Å². The SMILES string of the molecule is CCC(Nc1nnc(-c2ccc(Cl)cc2)o1)C1CCC(c2ccnc3ccc(C(F)(F)F)cc23)CC1. The van der Waals surface area contributed by atoms with E-state index in [1.165, 1.54) is 12.1 Å². The number of aromatic nitrogens is 3. The molecule has 0 bridgehead atoms. The van der Waals surface area contributed by atoms with Gasteiger partial charge < -0.3 is 9.73 Å².